The van der Waals surface area contributed by atoms with Gasteiger partial charge in [0.25, 0.3) is 6.08 Å². The van der Waals surface area contributed by atoms with E-state index in [1.54, 1.807) is 12.1 Å². The van der Waals surface area contributed by atoms with E-state index in [2.05, 4.69) is 5.32 Å². The van der Waals surface area contributed by atoms with Crippen molar-refractivity contribution in [3.05, 3.63) is 71.3 Å². The van der Waals surface area contributed by atoms with Gasteiger partial charge in [-0.2, -0.15) is 8.78 Å². The molecule has 0 spiro atoms. The highest BCUT2D eigenvalue weighted by atomic mass is 32.2. The summed E-state index contributed by atoms with van der Waals surface area (Å²) in [6, 6.07) is 11.6. The summed E-state index contributed by atoms with van der Waals surface area (Å²) in [5.41, 5.74) is -1.36. The van der Waals surface area contributed by atoms with Gasteiger partial charge in [-0.25, -0.2) is 13.2 Å². The first-order chi connectivity index (χ1) is 15.1. The lowest BCUT2D eigenvalue weighted by atomic mass is 9.75. The summed E-state index contributed by atoms with van der Waals surface area (Å²) in [5, 5.41) is 22.8. The molecule has 1 aliphatic heterocycles. The lowest BCUT2D eigenvalue weighted by Crippen LogP contribution is -2.39. The Morgan fingerprint density at radius 2 is 1.69 bits per heavy atom. The Kier molecular flexibility index (Phi) is 5.68. The summed E-state index contributed by atoms with van der Waals surface area (Å²) in [6.45, 7) is 0.576. The van der Waals surface area contributed by atoms with Crippen LogP contribution in [0.15, 0.2) is 59.5 Å². The number of benzene rings is 2. The summed E-state index contributed by atoms with van der Waals surface area (Å²) in [7, 11) is -3.94. The van der Waals surface area contributed by atoms with Gasteiger partial charge in [-0.3, -0.25) is 0 Å². The number of carboxylic acids is 1. The molecule has 0 bridgehead atoms. The van der Waals surface area contributed by atoms with Crippen molar-refractivity contribution in [1.29, 1.82) is 0 Å². The monoisotopic (exact) mass is 463 g/mol. The SMILES string of the molecule is O=C(O)C(=C(F)F)c1ccc(C2(S(=O)(=O)c3cccc(C4(O)CCC4)c3)CCNC2)cc1. The number of rotatable bonds is 6. The van der Waals surface area contributed by atoms with Gasteiger partial charge < -0.3 is 15.5 Å². The summed E-state index contributed by atoms with van der Waals surface area (Å²) in [5.74, 6) is -1.76. The van der Waals surface area contributed by atoms with E-state index in [9.17, 15) is 27.1 Å². The van der Waals surface area contributed by atoms with Crippen molar-refractivity contribution in [2.45, 2.75) is 40.9 Å². The standard InChI is InChI=1S/C23H23F2NO5S/c24-20(25)19(21(27)28)15-5-7-16(8-6-15)23(11-12-26-14-23)32(30,31)18-4-1-3-17(13-18)22(29)9-2-10-22/h1,3-8,13,26,29H,2,9-12,14H2,(H,27,28). The quantitative estimate of drug-likeness (QED) is 0.568. The number of hydrogen-bond acceptors (Lipinski definition) is 5. The maximum atomic E-state index is 13.8. The fraction of sp³-hybridized carbons (Fsp3) is 0.348. The Labute approximate surface area is 184 Å². The highest BCUT2D eigenvalue weighted by Gasteiger charge is 2.49. The minimum absolute atomic E-state index is 0.0871. The minimum Gasteiger partial charge on any atom is -0.477 e. The van der Waals surface area contributed by atoms with Gasteiger partial charge in [-0.15, -0.1) is 0 Å². The van der Waals surface area contributed by atoms with E-state index >= 15 is 0 Å². The number of aliphatic carboxylic acids is 1. The van der Waals surface area contributed by atoms with E-state index in [1.807, 2.05) is 0 Å². The number of carbonyl (C=O) groups is 1. The largest absolute Gasteiger partial charge is 0.477 e. The zero-order chi connectivity index (χ0) is 23.1. The molecule has 9 heteroatoms. The van der Waals surface area contributed by atoms with Gasteiger partial charge in [-0.05, 0) is 61.1 Å². The van der Waals surface area contributed by atoms with E-state index < -0.39 is 37.8 Å². The maximum Gasteiger partial charge on any atom is 0.341 e. The number of nitrogens with one attached hydrogen (secondary N) is 1. The maximum absolute atomic E-state index is 13.8. The van der Waals surface area contributed by atoms with Gasteiger partial charge >= 0.3 is 5.97 Å². The first-order valence-corrected chi connectivity index (χ1v) is 11.8. The first-order valence-electron chi connectivity index (χ1n) is 10.3. The second kappa shape index (κ2) is 8.06. The molecule has 1 atom stereocenters. The van der Waals surface area contributed by atoms with Crippen LogP contribution < -0.4 is 5.32 Å². The highest BCUT2D eigenvalue weighted by Crippen LogP contribution is 2.44. The Morgan fingerprint density at radius 3 is 2.19 bits per heavy atom. The Balaban J connectivity index is 1.77. The van der Waals surface area contributed by atoms with Gasteiger partial charge in [0, 0.05) is 6.54 Å². The van der Waals surface area contributed by atoms with Gasteiger partial charge in [0.1, 0.15) is 10.3 Å². The number of sulfone groups is 1. The molecule has 0 amide bonds. The molecule has 0 aromatic heterocycles. The Morgan fingerprint density at radius 1 is 1.00 bits per heavy atom. The van der Waals surface area contributed by atoms with Crippen molar-refractivity contribution in [3.63, 3.8) is 0 Å². The molecule has 1 heterocycles. The van der Waals surface area contributed by atoms with Crippen molar-refractivity contribution in [3.8, 4) is 0 Å². The zero-order valence-corrected chi connectivity index (χ0v) is 18.0. The average molecular weight is 464 g/mol. The lowest BCUT2D eigenvalue weighted by Gasteiger charge is -2.37. The lowest BCUT2D eigenvalue weighted by molar-refractivity contribution is -0.130. The molecule has 2 aromatic rings. The number of aliphatic hydroxyl groups is 1. The van der Waals surface area contributed by atoms with Crippen LogP contribution in [-0.2, 0) is 25.0 Å². The van der Waals surface area contributed by atoms with Crippen LogP contribution in [0, 0.1) is 0 Å². The molecule has 170 valence electrons. The Hall–Kier alpha value is -2.62. The van der Waals surface area contributed by atoms with Crippen molar-refractivity contribution in [2.24, 2.45) is 0 Å². The van der Waals surface area contributed by atoms with E-state index in [1.165, 1.54) is 36.4 Å². The second-order valence-corrected chi connectivity index (χ2v) is 10.6. The predicted molar refractivity (Wildman–Crippen MR) is 114 cm³/mol. The van der Waals surface area contributed by atoms with Crippen LogP contribution in [0.25, 0.3) is 5.57 Å². The highest BCUT2D eigenvalue weighted by molar-refractivity contribution is 7.92. The fourth-order valence-corrected chi connectivity index (χ4v) is 6.63. The molecule has 1 unspecified atom stereocenters. The van der Waals surface area contributed by atoms with E-state index in [-0.39, 0.29) is 23.4 Å². The molecular weight excluding hydrogens is 440 g/mol. The number of hydrogen-bond donors (Lipinski definition) is 3. The molecule has 3 N–H and O–H groups in total. The first kappa shape index (κ1) is 22.6. The molecule has 4 rings (SSSR count). The van der Waals surface area contributed by atoms with Crippen LogP contribution in [-0.4, -0.2) is 37.7 Å². The van der Waals surface area contributed by atoms with E-state index in [0.29, 0.717) is 30.5 Å². The predicted octanol–water partition coefficient (Wildman–Crippen LogP) is 3.41. The van der Waals surface area contributed by atoms with Gasteiger partial charge in [0.05, 0.1) is 10.5 Å². The van der Waals surface area contributed by atoms with E-state index in [4.69, 9.17) is 5.11 Å². The smallest absolute Gasteiger partial charge is 0.341 e. The number of halogens is 2. The molecule has 1 saturated heterocycles. The summed E-state index contributed by atoms with van der Waals surface area (Å²) in [6.07, 6.45) is -0.0204. The molecule has 6 nitrogen and oxygen atoms in total. The zero-order valence-electron chi connectivity index (χ0n) is 17.1. The molecule has 2 fully saturated rings. The van der Waals surface area contributed by atoms with Crippen LogP contribution in [0.5, 0.6) is 0 Å². The molecule has 0 radical (unpaired) electrons. The van der Waals surface area contributed by atoms with Gasteiger partial charge in [0.15, 0.2) is 9.84 Å². The second-order valence-electron chi connectivity index (χ2n) is 8.36. The molecule has 32 heavy (non-hydrogen) atoms. The summed E-state index contributed by atoms with van der Waals surface area (Å²) < 4.78 is 52.5. The summed E-state index contributed by atoms with van der Waals surface area (Å²) in [4.78, 5) is 11.3. The molecular formula is C23H23F2NO5S. The van der Waals surface area contributed by atoms with Crippen LogP contribution in [0.4, 0.5) is 8.78 Å². The third kappa shape index (κ3) is 3.54. The molecule has 1 aliphatic carbocycles. The van der Waals surface area contributed by atoms with Crippen LogP contribution >= 0.6 is 0 Å². The molecule has 2 aliphatic rings. The van der Waals surface area contributed by atoms with E-state index in [0.717, 1.165) is 6.42 Å². The van der Waals surface area contributed by atoms with Crippen molar-refractivity contribution in [2.75, 3.05) is 13.1 Å². The molecule has 2 aromatic carbocycles. The normalized spacial score (nSPS) is 22.2. The van der Waals surface area contributed by atoms with Crippen LogP contribution in [0.1, 0.15) is 42.4 Å². The third-order valence-electron chi connectivity index (χ3n) is 6.60. The third-order valence-corrected chi connectivity index (χ3v) is 9.08. The van der Waals surface area contributed by atoms with Crippen molar-refractivity contribution in [1.82, 2.24) is 5.32 Å². The minimum atomic E-state index is -3.94. The van der Waals surface area contributed by atoms with Crippen LogP contribution in [0.2, 0.25) is 0 Å². The van der Waals surface area contributed by atoms with Crippen molar-refractivity contribution >= 4 is 21.4 Å². The average Bonchev–Trinajstić information content (AvgIpc) is 3.24. The van der Waals surface area contributed by atoms with Gasteiger partial charge in [-0.1, -0.05) is 36.4 Å². The Bertz CT molecular complexity index is 1180. The summed E-state index contributed by atoms with van der Waals surface area (Å²) >= 11 is 0. The van der Waals surface area contributed by atoms with Gasteiger partial charge in [0.2, 0.25) is 0 Å². The fourth-order valence-electron chi connectivity index (χ4n) is 4.53. The molecule has 1 saturated carbocycles. The number of carboxylic acid groups (broad SMARTS) is 1. The van der Waals surface area contributed by atoms with Crippen LogP contribution in [0.3, 0.4) is 0 Å². The topological polar surface area (TPSA) is 104 Å². The van der Waals surface area contributed by atoms with Crippen molar-refractivity contribution < 1.29 is 32.2 Å².